The van der Waals surface area contributed by atoms with Crippen molar-refractivity contribution in [1.29, 1.82) is 0 Å². The molecule has 0 bridgehead atoms. The number of nitrogens with zero attached hydrogens (tertiary/aromatic N) is 3. The van der Waals surface area contributed by atoms with Gasteiger partial charge in [0, 0.05) is 24.3 Å². The number of carbonyl (C=O) groups is 2. The molecule has 1 aliphatic rings. The molecule has 1 saturated heterocycles. The van der Waals surface area contributed by atoms with Crippen molar-refractivity contribution in [3.8, 4) is 17.2 Å². The van der Waals surface area contributed by atoms with Crippen LogP contribution in [0.3, 0.4) is 0 Å². The molecule has 0 saturated carbocycles. The second-order valence-corrected chi connectivity index (χ2v) is 10.8. The highest BCUT2D eigenvalue weighted by atomic mass is 16.5. The Morgan fingerprint density at radius 1 is 0.977 bits per heavy atom. The van der Waals surface area contributed by atoms with E-state index in [1.165, 1.54) is 16.4 Å². The molecule has 2 heterocycles. The van der Waals surface area contributed by atoms with E-state index >= 15 is 0 Å². The number of para-hydroxylation sites is 1. The first-order valence-electron chi connectivity index (χ1n) is 14.6. The van der Waals surface area contributed by atoms with E-state index in [4.69, 9.17) is 9.47 Å². The van der Waals surface area contributed by atoms with Crippen LogP contribution in [0, 0.1) is 5.92 Å². The molecule has 0 aliphatic carbocycles. The van der Waals surface area contributed by atoms with Gasteiger partial charge in [0.15, 0.2) is 11.4 Å². The van der Waals surface area contributed by atoms with E-state index in [9.17, 15) is 14.4 Å². The summed E-state index contributed by atoms with van der Waals surface area (Å²) in [6, 6.07) is 23.9. The molecule has 1 amide bonds. The van der Waals surface area contributed by atoms with Crippen LogP contribution in [-0.2, 0) is 9.53 Å². The summed E-state index contributed by atoms with van der Waals surface area (Å²) < 4.78 is 12.6. The number of carbonyl (C=O) groups excluding carboxylic acids is 2. The van der Waals surface area contributed by atoms with Crippen LogP contribution in [0.15, 0.2) is 89.9 Å². The maximum atomic E-state index is 13.8. The highest BCUT2D eigenvalue weighted by Crippen LogP contribution is 2.30. The number of hydrogen-bond acceptors (Lipinski definition) is 7. The lowest BCUT2D eigenvalue weighted by atomic mass is 9.96. The van der Waals surface area contributed by atoms with Crippen molar-refractivity contribution in [3.05, 3.63) is 107 Å². The number of anilines is 2. The van der Waals surface area contributed by atoms with Crippen molar-refractivity contribution in [2.45, 2.75) is 39.5 Å². The first kappa shape index (κ1) is 29.6. The molecular weight excluding hydrogens is 544 g/mol. The van der Waals surface area contributed by atoms with Gasteiger partial charge in [0.2, 0.25) is 0 Å². The molecule has 1 N–H and O–H groups in total. The molecule has 0 spiro atoms. The van der Waals surface area contributed by atoms with Gasteiger partial charge in [-0.1, -0.05) is 50.2 Å². The molecule has 1 aliphatic heterocycles. The lowest BCUT2D eigenvalue weighted by Gasteiger charge is -2.31. The van der Waals surface area contributed by atoms with Crippen LogP contribution in [0.25, 0.3) is 5.69 Å². The van der Waals surface area contributed by atoms with Crippen LogP contribution in [-0.4, -0.2) is 46.3 Å². The quantitative estimate of drug-likeness (QED) is 0.232. The third kappa shape index (κ3) is 6.94. The maximum absolute atomic E-state index is 13.8. The summed E-state index contributed by atoms with van der Waals surface area (Å²) in [5.74, 6) is 0.683. The molecule has 9 heteroatoms. The van der Waals surface area contributed by atoms with Gasteiger partial charge >= 0.3 is 5.97 Å². The van der Waals surface area contributed by atoms with Crippen molar-refractivity contribution in [3.63, 3.8) is 0 Å². The number of benzene rings is 3. The lowest BCUT2D eigenvalue weighted by Crippen LogP contribution is -2.40. The summed E-state index contributed by atoms with van der Waals surface area (Å²) in [4.78, 5) is 41.0. The number of aromatic nitrogens is 2. The zero-order valence-electron chi connectivity index (χ0n) is 24.7. The van der Waals surface area contributed by atoms with Crippen molar-refractivity contribution < 1.29 is 19.1 Å². The van der Waals surface area contributed by atoms with Gasteiger partial charge < -0.3 is 19.7 Å². The summed E-state index contributed by atoms with van der Waals surface area (Å²) in [5.41, 5.74) is 2.60. The van der Waals surface area contributed by atoms with Crippen molar-refractivity contribution >= 4 is 23.3 Å². The molecule has 1 fully saturated rings. The van der Waals surface area contributed by atoms with Crippen LogP contribution in [0.2, 0.25) is 0 Å². The third-order valence-electron chi connectivity index (χ3n) is 7.50. The minimum atomic E-state index is -0.403. The summed E-state index contributed by atoms with van der Waals surface area (Å²) in [5, 5.41) is 7.58. The van der Waals surface area contributed by atoms with Crippen molar-refractivity contribution in [1.82, 2.24) is 14.7 Å². The van der Waals surface area contributed by atoms with E-state index in [0.29, 0.717) is 61.1 Å². The average molecular weight is 581 g/mol. The molecule has 3 aromatic carbocycles. The van der Waals surface area contributed by atoms with Gasteiger partial charge in [-0.05, 0) is 73.7 Å². The van der Waals surface area contributed by atoms with Gasteiger partial charge in [-0.25, -0.2) is 0 Å². The monoisotopic (exact) mass is 580 g/mol. The number of hydrogen-bond donors (Lipinski definition) is 1. The Balaban J connectivity index is 1.41. The van der Waals surface area contributed by atoms with Crippen LogP contribution in [0.4, 0.5) is 11.4 Å². The van der Waals surface area contributed by atoms with Gasteiger partial charge in [-0.3, -0.25) is 14.4 Å². The Labute approximate surface area is 251 Å². The van der Waals surface area contributed by atoms with E-state index in [1.54, 1.807) is 48.2 Å². The van der Waals surface area contributed by atoms with Crippen molar-refractivity contribution in [2.24, 2.45) is 5.92 Å². The standard InChI is InChI=1S/C34H36N4O5/c1-4-42-34(41)25-17-19-37(20-18-25)32(39)26-9-8-10-27(21-26)36-31-30(43-29-15-13-24(14-16-29)23(2)3)22-35-38(33(31)40)28-11-6-5-7-12-28/h5-16,21-23,25,36H,4,17-20H2,1-3H3. The SMILES string of the molecule is CCOC(=O)C1CCN(C(=O)c2cccc(Nc3c(Oc4ccc(C(C)C)cc4)cnn(-c4ccccc4)c3=O)c2)CC1. The Morgan fingerprint density at radius 3 is 2.37 bits per heavy atom. The fraction of sp³-hybridized carbons (Fsp3) is 0.294. The van der Waals surface area contributed by atoms with E-state index in [-0.39, 0.29) is 29.2 Å². The summed E-state index contributed by atoms with van der Waals surface area (Å²) in [6.07, 6.45) is 2.64. The van der Waals surface area contributed by atoms with Gasteiger partial charge in [0.25, 0.3) is 11.5 Å². The summed E-state index contributed by atoms with van der Waals surface area (Å²) in [6.45, 7) is 7.33. The molecule has 9 nitrogen and oxygen atoms in total. The zero-order valence-corrected chi connectivity index (χ0v) is 24.7. The molecule has 0 atom stereocenters. The second kappa shape index (κ2) is 13.4. The normalized spacial score (nSPS) is 13.5. The number of amides is 1. The zero-order chi connectivity index (χ0) is 30.3. The van der Waals surface area contributed by atoms with Crippen LogP contribution in [0.5, 0.6) is 11.5 Å². The number of esters is 1. The summed E-state index contributed by atoms with van der Waals surface area (Å²) in [7, 11) is 0. The average Bonchev–Trinajstić information content (AvgIpc) is 3.03. The first-order valence-corrected chi connectivity index (χ1v) is 14.6. The number of ether oxygens (including phenoxy) is 2. The molecule has 4 aromatic rings. The molecule has 1 aromatic heterocycles. The van der Waals surface area contributed by atoms with Crippen LogP contribution < -0.4 is 15.6 Å². The number of likely N-dealkylation sites (tertiary alicyclic amines) is 1. The smallest absolute Gasteiger partial charge is 0.309 e. The topological polar surface area (TPSA) is 103 Å². The Bertz CT molecular complexity index is 1630. The fourth-order valence-electron chi connectivity index (χ4n) is 5.07. The van der Waals surface area contributed by atoms with E-state index in [1.807, 2.05) is 42.5 Å². The van der Waals surface area contributed by atoms with Gasteiger partial charge in [0.05, 0.1) is 24.4 Å². The molecule has 0 unspecified atom stereocenters. The highest BCUT2D eigenvalue weighted by molar-refractivity contribution is 5.95. The van der Waals surface area contributed by atoms with E-state index in [0.717, 1.165) is 0 Å². The molecule has 222 valence electrons. The van der Waals surface area contributed by atoms with E-state index in [2.05, 4.69) is 24.3 Å². The van der Waals surface area contributed by atoms with Gasteiger partial charge in [-0.15, -0.1) is 0 Å². The Morgan fingerprint density at radius 2 is 1.70 bits per heavy atom. The lowest BCUT2D eigenvalue weighted by molar-refractivity contribution is -0.149. The predicted molar refractivity (Wildman–Crippen MR) is 165 cm³/mol. The Hall–Kier alpha value is -4.92. The minimum absolute atomic E-state index is 0.135. The van der Waals surface area contributed by atoms with Gasteiger partial charge in [-0.2, -0.15) is 9.78 Å². The van der Waals surface area contributed by atoms with Crippen LogP contribution in [0.1, 0.15) is 55.5 Å². The first-order chi connectivity index (χ1) is 20.8. The van der Waals surface area contributed by atoms with Gasteiger partial charge in [0.1, 0.15) is 5.75 Å². The van der Waals surface area contributed by atoms with Crippen molar-refractivity contribution in [2.75, 3.05) is 25.0 Å². The highest BCUT2D eigenvalue weighted by Gasteiger charge is 2.29. The van der Waals surface area contributed by atoms with Crippen LogP contribution >= 0.6 is 0 Å². The largest absolute Gasteiger partial charge is 0.466 e. The predicted octanol–water partition coefficient (Wildman–Crippen LogP) is 6.31. The number of piperidine rings is 1. The van der Waals surface area contributed by atoms with E-state index < -0.39 is 5.56 Å². The number of rotatable bonds is 9. The third-order valence-corrected chi connectivity index (χ3v) is 7.50. The number of nitrogens with one attached hydrogen (secondary N) is 1. The molecular formula is C34H36N4O5. The maximum Gasteiger partial charge on any atom is 0.309 e. The molecule has 43 heavy (non-hydrogen) atoms. The molecule has 0 radical (unpaired) electrons. The summed E-state index contributed by atoms with van der Waals surface area (Å²) >= 11 is 0. The Kier molecular flexibility index (Phi) is 9.20. The molecule has 5 rings (SSSR count). The minimum Gasteiger partial charge on any atom is -0.466 e. The second-order valence-electron chi connectivity index (χ2n) is 10.8. The fourth-order valence-corrected chi connectivity index (χ4v) is 5.07.